The van der Waals surface area contributed by atoms with Gasteiger partial charge in [-0.15, -0.1) is 0 Å². The third-order valence-corrected chi connectivity index (χ3v) is 3.86. The molecule has 1 aliphatic rings. The molecule has 1 aliphatic carbocycles. The Hall–Kier alpha value is -0.120. The van der Waals surface area contributed by atoms with Crippen LogP contribution in [0.1, 0.15) is 39.0 Å². The summed E-state index contributed by atoms with van der Waals surface area (Å²) < 4.78 is 5.09. The van der Waals surface area contributed by atoms with Gasteiger partial charge in [-0.2, -0.15) is 0 Å². The second-order valence-electron chi connectivity index (χ2n) is 5.18. The summed E-state index contributed by atoms with van der Waals surface area (Å²) in [4.78, 5) is 2.46. The van der Waals surface area contributed by atoms with Crippen LogP contribution in [0.5, 0.6) is 0 Å². The standard InChI is InChI=1S/C13H28N2O/c1-4-11-7-5-6-8-13(11)15(2)9-12(14)10-16-3/h11-13H,4-10,14H2,1-3H3. The van der Waals surface area contributed by atoms with Gasteiger partial charge in [-0.3, -0.25) is 0 Å². The van der Waals surface area contributed by atoms with Gasteiger partial charge in [0.15, 0.2) is 0 Å². The summed E-state index contributed by atoms with van der Waals surface area (Å²) in [7, 11) is 3.93. The molecule has 1 fully saturated rings. The van der Waals surface area contributed by atoms with Gasteiger partial charge in [0.25, 0.3) is 0 Å². The van der Waals surface area contributed by atoms with E-state index in [-0.39, 0.29) is 6.04 Å². The van der Waals surface area contributed by atoms with Gasteiger partial charge >= 0.3 is 0 Å². The van der Waals surface area contributed by atoms with Crippen molar-refractivity contribution in [1.29, 1.82) is 0 Å². The maximum absolute atomic E-state index is 6.01. The zero-order valence-electron chi connectivity index (χ0n) is 11.1. The van der Waals surface area contributed by atoms with Crippen LogP contribution in [0.2, 0.25) is 0 Å². The molecule has 0 bridgehead atoms. The first-order valence-electron chi connectivity index (χ1n) is 6.63. The van der Waals surface area contributed by atoms with Gasteiger partial charge in [-0.1, -0.05) is 26.2 Å². The van der Waals surface area contributed by atoms with Crippen molar-refractivity contribution in [1.82, 2.24) is 4.90 Å². The molecule has 0 saturated heterocycles. The molecule has 3 nitrogen and oxygen atoms in total. The summed E-state index contributed by atoms with van der Waals surface area (Å²) in [5.74, 6) is 0.869. The quantitative estimate of drug-likeness (QED) is 0.754. The summed E-state index contributed by atoms with van der Waals surface area (Å²) in [6.07, 6.45) is 6.83. The molecule has 3 heteroatoms. The van der Waals surface area contributed by atoms with E-state index < -0.39 is 0 Å². The minimum absolute atomic E-state index is 0.148. The van der Waals surface area contributed by atoms with E-state index in [4.69, 9.17) is 10.5 Å². The molecule has 0 aromatic carbocycles. The van der Waals surface area contributed by atoms with Gasteiger partial charge in [-0.05, 0) is 25.8 Å². The first-order valence-corrected chi connectivity index (χ1v) is 6.63. The maximum Gasteiger partial charge on any atom is 0.0626 e. The van der Waals surface area contributed by atoms with E-state index in [1.165, 1.54) is 32.1 Å². The first kappa shape index (κ1) is 13.9. The number of nitrogens with two attached hydrogens (primary N) is 1. The monoisotopic (exact) mass is 228 g/mol. The van der Waals surface area contributed by atoms with E-state index >= 15 is 0 Å². The number of likely N-dealkylation sites (N-methyl/N-ethyl adjacent to an activating group) is 1. The fraction of sp³-hybridized carbons (Fsp3) is 1.00. The smallest absolute Gasteiger partial charge is 0.0626 e. The molecule has 0 heterocycles. The summed E-state index contributed by atoms with van der Waals surface area (Å²) in [5.41, 5.74) is 6.01. The average molecular weight is 228 g/mol. The summed E-state index contributed by atoms with van der Waals surface area (Å²) in [6, 6.07) is 0.885. The van der Waals surface area contributed by atoms with Gasteiger partial charge in [0.1, 0.15) is 0 Å². The fourth-order valence-electron chi connectivity index (χ4n) is 3.02. The van der Waals surface area contributed by atoms with Crippen molar-refractivity contribution in [3.8, 4) is 0 Å². The SMILES string of the molecule is CCC1CCCCC1N(C)CC(N)COC. The van der Waals surface area contributed by atoms with Gasteiger partial charge in [-0.25, -0.2) is 0 Å². The van der Waals surface area contributed by atoms with E-state index in [9.17, 15) is 0 Å². The number of methoxy groups -OCH3 is 1. The third kappa shape index (κ3) is 4.04. The van der Waals surface area contributed by atoms with E-state index in [0.29, 0.717) is 6.61 Å². The maximum atomic E-state index is 6.01. The number of ether oxygens (including phenoxy) is 1. The molecule has 96 valence electrons. The summed E-state index contributed by atoms with van der Waals surface area (Å²) >= 11 is 0. The summed E-state index contributed by atoms with van der Waals surface area (Å²) in [6.45, 7) is 3.93. The minimum Gasteiger partial charge on any atom is -0.383 e. The Labute approximate surface area is 100 Å². The second kappa shape index (κ2) is 7.25. The average Bonchev–Trinajstić information content (AvgIpc) is 2.29. The predicted octanol–water partition coefficient (Wildman–Crippen LogP) is 1.86. The van der Waals surface area contributed by atoms with E-state index in [1.807, 2.05) is 0 Å². The van der Waals surface area contributed by atoms with Gasteiger partial charge < -0.3 is 15.4 Å². The van der Waals surface area contributed by atoms with Crippen molar-refractivity contribution in [2.24, 2.45) is 11.7 Å². The van der Waals surface area contributed by atoms with Crippen molar-refractivity contribution < 1.29 is 4.74 Å². The van der Waals surface area contributed by atoms with E-state index in [1.54, 1.807) is 7.11 Å². The molecule has 3 unspecified atom stereocenters. The normalized spacial score (nSPS) is 28.3. The molecule has 0 radical (unpaired) electrons. The Bertz CT molecular complexity index is 187. The Kier molecular flexibility index (Phi) is 6.32. The Morgan fingerprint density at radius 1 is 1.38 bits per heavy atom. The molecule has 1 saturated carbocycles. The Morgan fingerprint density at radius 2 is 2.06 bits per heavy atom. The van der Waals surface area contributed by atoms with Crippen LogP contribution in [-0.4, -0.2) is 44.3 Å². The fourth-order valence-corrected chi connectivity index (χ4v) is 3.02. The lowest BCUT2D eigenvalue weighted by Crippen LogP contribution is -2.46. The van der Waals surface area contributed by atoms with Crippen molar-refractivity contribution in [3.05, 3.63) is 0 Å². The Balaban J connectivity index is 2.40. The zero-order chi connectivity index (χ0) is 12.0. The largest absolute Gasteiger partial charge is 0.383 e. The molecule has 0 aromatic rings. The molecular weight excluding hydrogens is 200 g/mol. The van der Waals surface area contributed by atoms with Crippen molar-refractivity contribution in [2.45, 2.75) is 51.1 Å². The van der Waals surface area contributed by atoms with Gasteiger partial charge in [0.05, 0.1) is 6.61 Å². The van der Waals surface area contributed by atoms with Crippen molar-refractivity contribution in [3.63, 3.8) is 0 Å². The molecule has 0 spiro atoms. The Morgan fingerprint density at radius 3 is 2.69 bits per heavy atom. The lowest BCUT2D eigenvalue weighted by Gasteiger charge is -2.38. The van der Waals surface area contributed by atoms with E-state index in [0.717, 1.165) is 18.5 Å². The van der Waals surface area contributed by atoms with Crippen LogP contribution in [0.25, 0.3) is 0 Å². The van der Waals surface area contributed by atoms with Crippen LogP contribution in [-0.2, 0) is 4.74 Å². The highest BCUT2D eigenvalue weighted by atomic mass is 16.5. The molecule has 3 atom stereocenters. The highest BCUT2D eigenvalue weighted by molar-refractivity contribution is 4.82. The number of rotatable bonds is 6. The number of hydrogen-bond donors (Lipinski definition) is 1. The third-order valence-electron chi connectivity index (χ3n) is 3.86. The van der Waals surface area contributed by atoms with Crippen LogP contribution in [0.15, 0.2) is 0 Å². The number of nitrogens with zero attached hydrogens (tertiary/aromatic N) is 1. The predicted molar refractivity (Wildman–Crippen MR) is 68.5 cm³/mol. The highest BCUT2D eigenvalue weighted by Gasteiger charge is 2.27. The molecule has 2 N–H and O–H groups in total. The molecule has 0 aliphatic heterocycles. The van der Waals surface area contributed by atoms with Crippen LogP contribution < -0.4 is 5.73 Å². The van der Waals surface area contributed by atoms with Crippen LogP contribution in [0.4, 0.5) is 0 Å². The van der Waals surface area contributed by atoms with Crippen LogP contribution in [0.3, 0.4) is 0 Å². The van der Waals surface area contributed by atoms with Crippen LogP contribution in [0, 0.1) is 5.92 Å². The van der Waals surface area contributed by atoms with E-state index in [2.05, 4.69) is 18.9 Å². The lowest BCUT2D eigenvalue weighted by atomic mass is 9.82. The van der Waals surface area contributed by atoms with Crippen LogP contribution >= 0.6 is 0 Å². The molecule has 16 heavy (non-hydrogen) atoms. The molecule has 0 amide bonds. The molecule has 0 aromatic heterocycles. The lowest BCUT2D eigenvalue weighted by molar-refractivity contribution is 0.100. The van der Waals surface area contributed by atoms with Gasteiger partial charge in [0.2, 0.25) is 0 Å². The van der Waals surface area contributed by atoms with Crippen molar-refractivity contribution in [2.75, 3.05) is 27.3 Å². The molecule has 1 rings (SSSR count). The minimum atomic E-state index is 0.148. The zero-order valence-corrected chi connectivity index (χ0v) is 11.1. The summed E-state index contributed by atoms with van der Waals surface area (Å²) in [5, 5.41) is 0. The second-order valence-corrected chi connectivity index (χ2v) is 5.18. The van der Waals surface area contributed by atoms with Crippen molar-refractivity contribution >= 4 is 0 Å². The molecular formula is C13H28N2O. The topological polar surface area (TPSA) is 38.5 Å². The number of hydrogen-bond acceptors (Lipinski definition) is 3. The first-order chi connectivity index (χ1) is 7.69. The highest BCUT2D eigenvalue weighted by Crippen LogP contribution is 2.29. The van der Waals surface area contributed by atoms with Gasteiger partial charge in [0, 0.05) is 25.7 Å².